The molecule has 0 saturated heterocycles. The maximum absolute atomic E-state index is 12.8. The van der Waals surface area contributed by atoms with E-state index in [1.807, 2.05) is 57.2 Å². The van der Waals surface area contributed by atoms with E-state index >= 15 is 0 Å². The minimum absolute atomic E-state index is 0. The Bertz CT molecular complexity index is 5230. The minimum Gasteiger partial charge on any atom is -0.166 e. The summed E-state index contributed by atoms with van der Waals surface area (Å²) in [6, 6.07) is 49.8. The molecule has 0 bridgehead atoms. The average molecular weight is 1880 g/mol. The summed E-state index contributed by atoms with van der Waals surface area (Å²) in [6.07, 6.45) is -15.2. The highest BCUT2D eigenvalue weighted by molar-refractivity contribution is 5.72. The molecule has 0 aliphatic heterocycles. The van der Waals surface area contributed by atoms with E-state index in [0.717, 1.165) is 34.4 Å². The van der Waals surface area contributed by atoms with Gasteiger partial charge in [-0.25, -0.2) is 0 Å². The molecule has 0 nitrogen and oxygen atoms in total. The van der Waals surface area contributed by atoms with Crippen LogP contribution in [0.1, 0.15) is 473 Å². The molecule has 9 aromatic rings. The first kappa shape index (κ1) is 121. The second-order valence-corrected chi connectivity index (χ2v) is 49.7. The fraction of sp³-hybridized carbons (Fsp3) is 0.568. The molecule has 0 unspecified atom stereocenters. The highest BCUT2D eigenvalue weighted by Gasteiger charge is 2.45. The van der Waals surface area contributed by atoms with Crippen LogP contribution >= 0.6 is 0 Å². The van der Waals surface area contributed by atoms with Crippen LogP contribution in [0.15, 0.2) is 194 Å². The van der Waals surface area contributed by atoms with Gasteiger partial charge in [-0.3, -0.25) is 0 Å². The number of hydrogen-bond donors (Lipinski definition) is 0. The predicted molar refractivity (Wildman–Crippen MR) is 583 cm³/mol. The topological polar surface area (TPSA) is 0 Å². The SMILES string of the molecule is C.C.C.C.C.C.C.CC(C)(C)c1c(C(F)(F)F)cccc1C(F)(F)F.CC(C)(C)c1cc(C(C)(C)C)c(C(C)(C)C)c(C(C)(C)C)c1.CC(C)(C)c1ccc(C(C)(C)C)c(C(C)(C)C)c1.CC(C)(C)c1cccc(-c2ccccc2)c1C(C)(C)C.CC(C)(C)c1ccccc1C(F)(F)F.[2H]C([2H])(c1ccc(C(C)(C)C)cc1)C(C)(C)C.[2H]c1c([2H])c([2H])c(-c2cccc(C(C)(C)C)c2C(C)(C)C)c([2H])c1[2H]. The smallest absolute Gasteiger partial charge is 0.166 e. The van der Waals surface area contributed by atoms with Gasteiger partial charge in [0.15, 0.2) is 0 Å². The van der Waals surface area contributed by atoms with Crippen LogP contribution in [0.5, 0.6) is 0 Å². The Labute approximate surface area is 830 Å². The Morgan fingerprint density at radius 2 is 0.455 bits per heavy atom. The number of benzene rings is 9. The van der Waals surface area contributed by atoms with Crippen molar-refractivity contribution in [3.05, 3.63) is 294 Å². The van der Waals surface area contributed by atoms with Gasteiger partial charge in [-0.2, -0.15) is 39.5 Å². The van der Waals surface area contributed by atoms with Gasteiger partial charge >= 0.3 is 18.5 Å². The largest absolute Gasteiger partial charge is 0.416 e. The van der Waals surface area contributed by atoms with Crippen LogP contribution in [0.4, 0.5) is 39.5 Å². The summed E-state index contributed by atoms with van der Waals surface area (Å²) in [5.41, 5.74) is 17.0. The lowest BCUT2D eigenvalue weighted by molar-refractivity contribution is -0.145. The van der Waals surface area contributed by atoms with Crippen molar-refractivity contribution in [2.24, 2.45) is 5.41 Å². The molecule has 0 heterocycles. The fourth-order valence-electron chi connectivity index (χ4n) is 15.5. The van der Waals surface area contributed by atoms with Gasteiger partial charge in [0.2, 0.25) is 0 Å². The van der Waals surface area contributed by atoms with Crippen LogP contribution in [0, 0.1) is 5.41 Å². The van der Waals surface area contributed by atoms with E-state index in [4.69, 9.17) is 9.60 Å². The predicted octanol–water partition coefficient (Wildman–Crippen LogP) is 42.4. The summed E-state index contributed by atoms with van der Waals surface area (Å²) in [4.78, 5) is 0. The Morgan fingerprint density at radius 3 is 0.739 bits per heavy atom. The molecule has 0 N–H and O–H groups in total. The summed E-state index contributed by atoms with van der Waals surface area (Å²) in [7, 11) is 0. The molecular formula is C125H197F9. The number of halogens is 9. The number of alkyl halides is 9. The highest BCUT2D eigenvalue weighted by Crippen LogP contribution is 2.49. The Balaban J connectivity index is -0.000000509. The van der Waals surface area contributed by atoms with Gasteiger partial charge in [0.1, 0.15) is 0 Å². The van der Waals surface area contributed by atoms with Gasteiger partial charge in [-0.05, 0) is 212 Å². The molecule has 9 rings (SSSR count). The van der Waals surface area contributed by atoms with E-state index in [9.17, 15) is 39.5 Å². The zero-order valence-corrected chi connectivity index (χ0v) is 87.0. The quantitative estimate of drug-likeness (QED) is 0.155. The first-order valence-corrected chi connectivity index (χ1v) is 45.1. The van der Waals surface area contributed by atoms with E-state index in [0.29, 0.717) is 17.7 Å². The van der Waals surface area contributed by atoms with Crippen molar-refractivity contribution in [1.29, 1.82) is 0 Å². The maximum atomic E-state index is 12.8. The molecule has 0 fully saturated rings. The van der Waals surface area contributed by atoms with Crippen molar-refractivity contribution in [2.75, 3.05) is 0 Å². The maximum Gasteiger partial charge on any atom is 0.416 e. The third-order valence-corrected chi connectivity index (χ3v) is 21.7. The lowest BCUT2D eigenvalue weighted by atomic mass is 9.66. The molecule has 0 aliphatic rings. The molecule has 0 radical (unpaired) electrons. The fourth-order valence-corrected chi connectivity index (χ4v) is 15.5. The molecule has 9 aromatic carbocycles. The average Bonchev–Trinajstić information content (AvgIpc) is 0.732. The van der Waals surface area contributed by atoms with E-state index in [-0.39, 0.29) is 153 Å². The summed E-state index contributed by atoms with van der Waals surface area (Å²) < 4.78 is 171. The number of hydrogen-bond acceptors (Lipinski definition) is 0. The first-order chi connectivity index (χ1) is 59.3. The van der Waals surface area contributed by atoms with E-state index in [2.05, 4.69) is 334 Å². The molecule has 9 heteroatoms. The lowest BCUT2D eigenvalue weighted by Gasteiger charge is -2.38. The molecule has 0 aromatic heterocycles. The monoisotopic (exact) mass is 1880 g/mol. The zero-order chi connectivity index (χ0) is 105. The third-order valence-electron chi connectivity index (χ3n) is 21.7. The van der Waals surface area contributed by atoms with Gasteiger partial charge < -0.3 is 0 Å². The second-order valence-electron chi connectivity index (χ2n) is 49.7. The molecule has 0 aliphatic carbocycles. The third kappa shape index (κ3) is 40.8. The van der Waals surface area contributed by atoms with Crippen molar-refractivity contribution in [2.45, 2.75) is 464 Å². The van der Waals surface area contributed by atoms with Crippen LogP contribution in [0.25, 0.3) is 22.3 Å². The molecule has 760 valence electrons. The Kier molecular flexibility index (Phi) is 43.9. The van der Waals surface area contributed by atoms with Gasteiger partial charge in [0.05, 0.1) is 23.5 Å². The molecule has 0 saturated carbocycles. The summed E-state index contributed by atoms with van der Waals surface area (Å²) in [6.45, 7) is 96.8. The van der Waals surface area contributed by atoms with Crippen molar-refractivity contribution < 1.29 is 49.1 Å². The van der Waals surface area contributed by atoms with Gasteiger partial charge in [-0.15, -0.1) is 0 Å². The van der Waals surface area contributed by atoms with Crippen molar-refractivity contribution in [1.82, 2.24) is 0 Å². The molecule has 0 amide bonds. The van der Waals surface area contributed by atoms with E-state index in [1.54, 1.807) is 32.4 Å². The van der Waals surface area contributed by atoms with Crippen LogP contribution in [0.2, 0.25) is 0 Å². The van der Waals surface area contributed by atoms with Gasteiger partial charge in [0, 0.05) is 2.74 Å². The van der Waals surface area contributed by atoms with Gasteiger partial charge in [0.25, 0.3) is 0 Å². The minimum atomic E-state index is -4.80. The summed E-state index contributed by atoms with van der Waals surface area (Å²) in [5.74, 6) is 0. The zero-order valence-electron chi connectivity index (χ0n) is 94.0. The lowest BCUT2D eigenvalue weighted by Crippen LogP contribution is -2.29. The summed E-state index contributed by atoms with van der Waals surface area (Å²) >= 11 is 0. The van der Waals surface area contributed by atoms with Crippen molar-refractivity contribution >= 4 is 0 Å². The Morgan fingerprint density at radius 1 is 0.201 bits per heavy atom. The van der Waals surface area contributed by atoms with Crippen LogP contribution in [-0.2, 0) is 101 Å². The van der Waals surface area contributed by atoms with Crippen LogP contribution in [-0.4, -0.2) is 0 Å². The van der Waals surface area contributed by atoms with E-state index in [1.165, 1.54) is 94.1 Å². The van der Waals surface area contributed by atoms with Crippen molar-refractivity contribution in [3.63, 3.8) is 0 Å². The molecular weight excluding hydrogens is 1670 g/mol. The highest BCUT2D eigenvalue weighted by atomic mass is 19.4. The molecule has 0 spiro atoms. The standard InChI is InChI=1S/C22H38.2C20H26.C18H30.C15H24.C12H12F6.C11H13F3.7CH4/c1-19(2,3)15-13-16(20(4,5)6)18(22(10,11)12)17(14-15)21(7,8)9;2*1-19(2,3)17-14-10-13-16(18(17)20(4,5)6)15-11-8-7-9-12-15;1-16(2,3)13-10-11-14(17(4,5)6)15(12-13)18(7,8)9;1-14(2,3)11-12-7-9-13(10-8-12)15(4,5)6;1-10(2,3)9-7(11(13,14)15)5-4-6-8(9)12(16,17)18;1-10(2,3)8-6-4-5-7-9(8)11(12,13)14;;;;;;;/h13-14H,1-12H3;2*7-14H,1-6H3;10-12H,1-9H3;7-10H,11H2,1-6H3;4-6H,1-3H3;4-7H,1-3H3;7*1H4/i;7D,8D,9D,11D,12D;;;11D2;;;;;;;;;. The molecule has 134 heavy (non-hydrogen) atoms. The number of rotatable bonds is 3. The van der Waals surface area contributed by atoms with Gasteiger partial charge in [-0.1, -0.05) is 539 Å². The van der Waals surface area contributed by atoms with Crippen LogP contribution in [0.3, 0.4) is 0 Å². The second kappa shape index (κ2) is 48.8. The van der Waals surface area contributed by atoms with Crippen molar-refractivity contribution in [3.8, 4) is 22.3 Å². The molecule has 0 atom stereocenters. The normalized spacial score (nSPS) is 13.5. The van der Waals surface area contributed by atoms with Crippen LogP contribution < -0.4 is 0 Å². The van der Waals surface area contributed by atoms with E-state index < -0.39 is 63.4 Å². The summed E-state index contributed by atoms with van der Waals surface area (Å²) in [5, 5.41) is 0. The first-order valence-electron chi connectivity index (χ1n) is 48.6. The Hall–Kier alpha value is -7.65.